The third kappa shape index (κ3) is 3.27. The van der Waals surface area contributed by atoms with Crippen LogP contribution in [0.4, 0.5) is 0 Å². The highest BCUT2D eigenvalue weighted by Crippen LogP contribution is 2.33. The highest BCUT2D eigenvalue weighted by atomic mass is 32.2. The van der Waals surface area contributed by atoms with E-state index in [0.29, 0.717) is 11.7 Å². The molecule has 0 amide bonds. The predicted molar refractivity (Wildman–Crippen MR) is 75.5 cm³/mol. The van der Waals surface area contributed by atoms with Crippen LogP contribution in [-0.2, 0) is 9.84 Å². The Morgan fingerprint density at radius 2 is 1.72 bits per heavy atom. The van der Waals surface area contributed by atoms with Crippen LogP contribution in [0, 0.1) is 5.92 Å². The van der Waals surface area contributed by atoms with Gasteiger partial charge in [-0.15, -0.1) is 0 Å². The van der Waals surface area contributed by atoms with Crippen molar-refractivity contribution in [1.29, 1.82) is 0 Å². The lowest BCUT2D eigenvalue weighted by Crippen LogP contribution is -2.51. The lowest BCUT2D eigenvalue weighted by molar-refractivity contribution is 0.255. The molecule has 18 heavy (non-hydrogen) atoms. The Hall–Kier alpha value is -0.0900. The van der Waals surface area contributed by atoms with Crippen molar-refractivity contribution in [2.24, 2.45) is 5.92 Å². The Kier molecular flexibility index (Phi) is 5.07. The molecule has 106 valence electrons. The van der Waals surface area contributed by atoms with Crippen LogP contribution in [0.1, 0.15) is 58.3 Å². The summed E-state index contributed by atoms with van der Waals surface area (Å²) in [6.45, 7) is 2.97. The normalized spacial score (nSPS) is 31.1. The molecule has 0 aromatic heterocycles. The predicted octanol–water partition coefficient (Wildman–Crippen LogP) is 2.51. The third-order valence-corrected chi connectivity index (χ3v) is 6.94. The first kappa shape index (κ1) is 14.3. The van der Waals surface area contributed by atoms with E-state index in [9.17, 15) is 8.42 Å². The zero-order chi connectivity index (χ0) is 13.0. The van der Waals surface area contributed by atoms with Crippen LogP contribution in [0.5, 0.6) is 0 Å². The molecule has 2 fully saturated rings. The van der Waals surface area contributed by atoms with Gasteiger partial charge in [0.1, 0.15) is 0 Å². The molecule has 2 aliphatic rings. The van der Waals surface area contributed by atoms with Crippen LogP contribution in [-0.4, -0.2) is 32.0 Å². The van der Waals surface area contributed by atoms with Gasteiger partial charge in [0.15, 0.2) is 9.84 Å². The molecule has 1 aliphatic carbocycles. The van der Waals surface area contributed by atoms with E-state index in [0.717, 1.165) is 25.8 Å². The van der Waals surface area contributed by atoms with Crippen molar-refractivity contribution < 1.29 is 8.42 Å². The average Bonchev–Trinajstić information content (AvgIpc) is 2.37. The Bertz CT molecular complexity index is 347. The lowest BCUT2D eigenvalue weighted by Gasteiger charge is -2.37. The van der Waals surface area contributed by atoms with E-state index >= 15 is 0 Å². The number of rotatable bonds is 4. The van der Waals surface area contributed by atoms with Gasteiger partial charge in [0.2, 0.25) is 0 Å². The van der Waals surface area contributed by atoms with E-state index < -0.39 is 9.84 Å². The summed E-state index contributed by atoms with van der Waals surface area (Å²) in [5, 5.41) is 3.38. The molecule has 1 N–H and O–H groups in total. The van der Waals surface area contributed by atoms with Crippen molar-refractivity contribution >= 4 is 9.84 Å². The van der Waals surface area contributed by atoms with E-state index in [-0.39, 0.29) is 11.3 Å². The molecule has 0 bridgehead atoms. The molecule has 2 atom stereocenters. The first-order valence-corrected chi connectivity index (χ1v) is 9.31. The summed E-state index contributed by atoms with van der Waals surface area (Å²) < 4.78 is 24.6. The second kappa shape index (κ2) is 6.38. The second-order valence-corrected chi connectivity index (χ2v) is 8.22. The minimum Gasteiger partial charge on any atom is -0.313 e. The molecule has 1 aliphatic heterocycles. The van der Waals surface area contributed by atoms with Gasteiger partial charge >= 0.3 is 0 Å². The molecule has 3 nitrogen and oxygen atoms in total. The number of hydrogen-bond acceptors (Lipinski definition) is 3. The molecule has 2 unspecified atom stereocenters. The van der Waals surface area contributed by atoms with Gasteiger partial charge in [0.25, 0.3) is 0 Å². The van der Waals surface area contributed by atoms with Crippen molar-refractivity contribution in [2.45, 2.75) is 69.6 Å². The molecule has 0 aromatic rings. The first-order valence-electron chi connectivity index (χ1n) is 7.60. The fourth-order valence-corrected chi connectivity index (χ4v) is 5.91. The van der Waals surface area contributed by atoms with Crippen molar-refractivity contribution in [3.63, 3.8) is 0 Å². The minimum atomic E-state index is -2.86. The van der Waals surface area contributed by atoms with Crippen molar-refractivity contribution in [3.8, 4) is 0 Å². The Labute approximate surface area is 112 Å². The Morgan fingerprint density at radius 1 is 1.06 bits per heavy atom. The standard InChI is InChI=1S/C14H27NO2S/c1-2-15-14(12-8-4-3-5-9-12)13-10-6-7-11-18(13,16)17/h12-15H,2-11H2,1H3. The smallest absolute Gasteiger partial charge is 0.154 e. The van der Waals surface area contributed by atoms with E-state index in [1.165, 1.54) is 32.1 Å². The van der Waals surface area contributed by atoms with Crippen LogP contribution in [0.3, 0.4) is 0 Å². The summed E-state index contributed by atoms with van der Waals surface area (Å²) in [6.07, 6.45) is 9.12. The van der Waals surface area contributed by atoms with Crippen molar-refractivity contribution in [2.75, 3.05) is 12.3 Å². The largest absolute Gasteiger partial charge is 0.313 e. The van der Waals surface area contributed by atoms with Gasteiger partial charge in [-0.2, -0.15) is 0 Å². The van der Waals surface area contributed by atoms with Crippen LogP contribution < -0.4 is 5.32 Å². The minimum absolute atomic E-state index is 0.116. The Balaban J connectivity index is 2.12. The summed E-state index contributed by atoms with van der Waals surface area (Å²) in [6, 6.07) is 0.209. The lowest BCUT2D eigenvalue weighted by atomic mass is 9.81. The average molecular weight is 273 g/mol. The molecule has 1 saturated heterocycles. The summed E-state index contributed by atoms with van der Waals surface area (Å²) in [7, 11) is -2.86. The molecule has 0 spiro atoms. The quantitative estimate of drug-likeness (QED) is 0.856. The molecule has 4 heteroatoms. The monoisotopic (exact) mass is 273 g/mol. The van der Waals surface area contributed by atoms with Crippen LogP contribution in [0.2, 0.25) is 0 Å². The third-order valence-electron chi connectivity index (χ3n) is 4.63. The number of hydrogen-bond donors (Lipinski definition) is 1. The summed E-state index contributed by atoms with van der Waals surface area (Å²) in [5.41, 5.74) is 0. The van der Waals surface area contributed by atoms with Gasteiger partial charge in [0.05, 0.1) is 11.0 Å². The molecule has 0 radical (unpaired) electrons. The zero-order valence-electron chi connectivity index (χ0n) is 11.5. The van der Waals surface area contributed by atoms with Gasteiger partial charge in [-0.1, -0.05) is 32.6 Å². The molecule has 1 heterocycles. The maximum absolute atomic E-state index is 12.3. The summed E-state index contributed by atoms with van der Waals surface area (Å²) in [5.74, 6) is 0.989. The first-order chi connectivity index (χ1) is 8.65. The van der Waals surface area contributed by atoms with E-state index in [2.05, 4.69) is 12.2 Å². The van der Waals surface area contributed by atoms with E-state index in [1.807, 2.05) is 0 Å². The fraction of sp³-hybridized carbons (Fsp3) is 1.00. The van der Waals surface area contributed by atoms with Crippen LogP contribution in [0.25, 0.3) is 0 Å². The molecule has 2 rings (SSSR count). The van der Waals surface area contributed by atoms with E-state index in [4.69, 9.17) is 0 Å². The molecular weight excluding hydrogens is 246 g/mol. The topological polar surface area (TPSA) is 46.2 Å². The zero-order valence-corrected chi connectivity index (χ0v) is 12.3. The molecular formula is C14H27NO2S. The fourth-order valence-electron chi connectivity index (χ4n) is 3.71. The van der Waals surface area contributed by atoms with Gasteiger partial charge in [-0.25, -0.2) is 8.42 Å². The maximum Gasteiger partial charge on any atom is 0.154 e. The van der Waals surface area contributed by atoms with Gasteiger partial charge < -0.3 is 5.32 Å². The number of sulfone groups is 1. The van der Waals surface area contributed by atoms with Crippen molar-refractivity contribution in [1.82, 2.24) is 5.32 Å². The Morgan fingerprint density at radius 3 is 2.33 bits per heavy atom. The van der Waals surface area contributed by atoms with Crippen molar-refractivity contribution in [3.05, 3.63) is 0 Å². The number of nitrogens with one attached hydrogen (secondary N) is 1. The van der Waals surface area contributed by atoms with Crippen LogP contribution in [0.15, 0.2) is 0 Å². The van der Waals surface area contributed by atoms with Gasteiger partial charge in [0, 0.05) is 6.04 Å². The van der Waals surface area contributed by atoms with Gasteiger partial charge in [-0.05, 0) is 38.1 Å². The SMILES string of the molecule is CCNC(C1CCCCC1)C1CCCCS1(=O)=O. The summed E-state index contributed by atoms with van der Waals surface area (Å²) >= 11 is 0. The highest BCUT2D eigenvalue weighted by molar-refractivity contribution is 7.92. The molecule has 1 saturated carbocycles. The highest BCUT2D eigenvalue weighted by Gasteiger charge is 2.39. The summed E-state index contributed by atoms with van der Waals surface area (Å²) in [4.78, 5) is 0. The maximum atomic E-state index is 12.3. The van der Waals surface area contributed by atoms with Crippen LogP contribution >= 0.6 is 0 Å². The van der Waals surface area contributed by atoms with Gasteiger partial charge in [-0.3, -0.25) is 0 Å². The second-order valence-electron chi connectivity index (χ2n) is 5.88. The van der Waals surface area contributed by atoms with E-state index in [1.54, 1.807) is 0 Å². The molecule has 0 aromatic carbocycles.